The third-order valence-corrected chi connectivity index (χ3v) is 7.73. The molecule has 1 amide bonds. The summed E-state index contributed by atoms with van der Waals surface area (Å²) < 4.78 is 14.4. The number of anilines is 1. The predicted molar refractivity (Wildman–Crippen MR) is 132 cm³/mol. The molecule has 0 saturated heterocycles. The Bertz CT molecular complexity index is 1390. The number of nitrogens with zero attached hydrogens (tertiary/aromatic N) is 3. The summed E-state index contributed by atoms with van der Waals surface area (Å²) in [5, 5.41) is 8.58. The van der Waals surface area contributed by atoms with E-state index in [4.69, 9.17) is 19.6 Å². The molecule has 1 fully saturated rings. The van der Waals surface area contributed by atoms with Crippen molar-refractivity contribution < 1.29 is 14.3 Å². The fourth-order valence-electron chi connectivity index (χ4n) is 5.08. The molecule has 1 aliphatic heterocycles. The van der Waals surface area contributed by atoms with Crippen LogP contribution < -0.4 is 14.8 Å². The van der Waals surface area contributed by atoms with E-state index in [-0.39, 0.29) is 11.8 Å². The summed E-state index contributed by atoms with van der Waals surface area (Å²) in [7, 11) is 1.65. The molecule has 6 rings (SSSR count). The van der Waals surface area contributed by atoms with Gasteiger partial charge in [0.15, 0.2) is 0 Å². The van der Waals surface area contributed by atoms with Crippen LogP contribution in [0.2, 0.25) is 0 Å². The molecule has 174 valence electrons. The van der Waals surface area contributed by atoms with Gasteiger partial charge in [-0.1, -0.05) is 23.5 Å². The predicted octanol–water partition coefficient (Wildman–Crippen LogP) is 5.59. The number of rotatable bonds is 5. The third kappa shape index (κ3) is 3.72. The Morgan fingerprint density at radius 2 is 1.97 bits per heavy atom. The molecule has 2 aliphatic rings. The van der Waals surface area contributed by atoms with Gasteiger partial charge in [-0.2, -0.15) is 9.78 Å². The first-order valence-corrected chi connectivity index (χ1v) is 12.5. The van der Waals surface area contributed by atoms with Crippen LogP contribution in [0.3, 0.4) is 0 Å². The molecule has 1 saturated carbocycles. The molecule has 3 heterocycles. The largest absolute Gasteiger partial charge is 0.497 e. The average Bonchev–Trinajstić information content (AvgIpc) is 3.57. The lowest BCUT2D eigenvalue weighted by atomic mass is 9.86. The molecule has 1 N–H and O–H groups in total. The lowest BCUT2D eigenvalue weighted by Crippen LogP contribution is -2.25. The van der Waals surface area contributed by atoms with E-state index in [1.54, 1.807) is 11.8 Å². The molecule has 4 aromatic rings. The van der Waals surface area contributed by atoms with Gasteiger partial charge in [0.25, 0.3) is 0 Å². The first-order valence-electron chi connectivity index (χ1n) is 11.7. The maximum absolute atomic E-state index is 12.8. The SMILES string of the molecule is COc1ccc2nc(-n3nc(C)c4c3NC(=O)C[C@H]4c3cccc(OC4CCCC4)c3)sc2c1. The van der Waals surface area contributed by atoms with Gasteiger partial charge in [-0.05, 0) is 68.5 Å². The van der Waals surface area contributed by atoms with Crippen LogP contribution in [0.4, 0.5) is 5.82 Å². The molecule has 1 atom stereocenters. The number of fused-ring (bicyclic) bond motifs is 2. The number of carbonyl (C=O) groups excluding carboxylic acids is 1. The molecule has 8 heteroatoms. The highest BCUT2D eigenvalue weighted by molar-refractivity contribution is 7.20. The molecule has 34 heavy (non-hydrogen) atoms. The number of aryl methyl sites for hydroxylation is 1. The first-order chi connectivity index (χ1) is 16.6. The van der Waals surface area contributed by atoms with Crippen molar-refractivity contribution >= 4 is 33.3 Å². The standard InChI is InChI=1S/C26H26N4O3S/c1-15-24-20(16-6-5-9-19(12-16)33-17-7-3-4-8-17)14-23(31)28-25(24)30(29-15)26-27-21-11-10-18(32-2)13-22(21)34-26/h5-6,9-13,17,20H,3-4,7-8,14H2,1-2H3,(H,28,31)/t20-/m0/s1. The number of nitrogens with one attached hydrogen (secondary N) is 1. The molecule has 0 unspecified atom stereocenters. The molecule has 0 bridgehead atoms. The van der Waals surface area contributed by atoms with Gasteiger partial charge in [-0.25, -0.2) is 4.98 Å². The Hall–Kier alpha value is -3.39. The topological polar surface area (TPSA) is 78.3 Å². The second-order valence-electron chi connectivity index (χ2n) is 8.99. The van der Waals surface area contributed by atoms with E-state index >= 15 is 0 Å². The third-order valence-electron chi connectivity index (χ3n) is 6.73. The summed E-state index contributed by atoms with van der Waals surface area (Å²) in [6, 6.07) is 14.0. The molecule has 2 aromatic carbocycles. The Morgan fingerprint density at radius 1 is 1.12 bits per heavy atom. The Balaban J connectivity index is 1.39. The zero-order valence-corrected chi connectivity index (χ0v) is 20.0. The fourth-order valence-corrected chi connectivity index (χ4v) is 6.04. The van der Waals surface area contributed by atoms with Gasteiger partial charge in [0.05, 0.1) is 29.1 Å². The highest BCUT2D eigenvalue weighted by Crippen LogP contribution is 2.42. The molecule has 0 radical (unpaired) electrons. The van der Waals surface area contributed by atoms with Crippen LogP contribution in [0.25, 0.3) is 15.3 Å². The molecule has 1 aliphatic carbocycles. The van der Waals surface area contributed by atoms with Crippen LogP contribution >= 0.6 is 11.3 Å². The Kier molecular flexibility index (Phi) is 5.25. The number of carbonyl (C=O) groups is 1. The van der Waals surface area contributed by atoms with Gasteiger partial charge in [-0.15, -0.1) is 0 Å². The minimum atomic E-state index is -0.0842. The quantitative estimate of drug-likeness (QED) is 0.408. The maximum atomic E-state index is 12.8. The van der Waals surface area contributed by atoms with Crippen molar-refractivity contribution in [2.75, 3.05) is 12.4 Å². The number of benzene rings is 2. The van der Waals surface area contributed by atoms with Crippen LogP contribution in [-0.2, 0) is 4.79 Å². The van der Waals surface area contributed by atoms with E-state index < -0.39 is 0 Å². The van der Waals surface area contributed by atoms with E-state index in [9.17, 15) is 4.79 Å². The summed E-state index contributed by atoms with van der Waals surface area (Å²) in [4.78, 5) is 17.6. The molecular formula is C26H26N4O3S. The van der Waals surface area contributed by atoms with E-state index in [0.717, 1.165) is 51.4 Å². The zero-order chi connectivity index (χ0) is 23.2. The van der Waals surface area contributed by atoms with Crippen LogP contribution in [0.15, 0.2) is 42.5 Å². The van der Waals surface area contributed by atoms with E-state index in [1.165, 1.54) is 24.2 Å². The second kappa shape index (κ2) is 8.43. The van der Waals surface area contributed by atoms with Gasteiger partial charge in [0.2, 0.25) is 11.0 Å². The van der Waals surface area contributed by atoms with E-state index in [1.807, 2.05) is 37.3 Å². The Labute approximate surface area is 201 Å². The van der Waals surface area contributed by atoms with Crippen molar-refractivity contribution in [3.05, 3.63) is 59.3 Å². The number of aromatic nitrogens is 3. The van der Waals surface area contributed by atoms with Crippen molar-refractivity contribution in [2.45, 2.75) is 51.0 Å². The summed E-state index contributed by atoms with van der Waals surface area (Å²) in [6.07, 6.45) is 5.35. The fraction of sp³-hybridized carbons (Fsp3) is 0.346. The monoisotopic (exact) mass is 474 g/mol. The highest BCUT2D eigenvalue weighted by Gasteiger charge is 2.33. The zero-order valence-electron chi connectivity index (χ0n) is 19.2. The molecular weight excluding hydrogens is 448 g/mol. The summed E-state index contributed by atoms with van der Waals surface area (Å²) in [5.41, 5.74) is 3.87. The van der Waals surface area contributed by atoms with E-state index in [2.05, 4.69) is 17.4 Å². The molecule has 0 spiro atoms. The van der Waals surface area contributed by atoms with Crippen LogP contribution in [0, 0.1) is 6.92 Å². The normalized spacial score (nSPS) is 18.2. The van der Waals surface area contributed by atoms with Gasteiger partial charge >= 0.3 is 0 Å². The van der Waals surface area contributed by atoms with Gasteiger partial charge < -0.3 is 14.8 Å². The minimum Gasteiger partial charge on any atom is -0.497 e. The van der Waals surface area contributed by atoms with E-state index in [0.29, 0.717) is 23.5 Å². The number of ether oxygens (including phenoxy) is 2. The lowest BCUT2D eigenvalue weighted by Gasteiger charge is -2.24. The van der Waals surface area contributed by atoms with Crippen LogP contribution in [0.1, 0.15) is 54.8 Å². The maximum Gasteiger partial charge on any atom is 0.226 e. The Morgan fingerprint density at radius 3 is 2.79 bits per heavy atom. The van der Waals surface area contributed by atoms with Gasteiger partial charge in [-0.3, -0.25) is 4.79 Å². The van der Waals surface area contributed by atoms with Crippen molar-refractivity contribution in [1.82, 2.24) is 14.8 Å². The van der Waals surface area contributed by atoms with Crippen LogP contribution in [0.5, 0.6) is 11.5 Å². The average molecular weight is 475 g/mol. The minimum absolute atomic E-state index is 0.0245. The van der Waals surface area contributed by atoms with Gasteiger partial charge in [0.1, 0.15) is 17.3 Å². The summed E-state index contributed by atoms with van der Waals surface area (Å²) in [5.74, 6) is 2.26. The number of methoxy groups -OCH3 is 1. The van der Waals surface area contributed by atoms with Crippen molar-refractivity contribution in [2.24, 2.45) is 0 Å². The number of hydrogen-bond donors (Lipinski definition) is 1. The van der Waals surface area contributed by atoms with Crippen molar-refractivity contribution in [3.8, 4) is 16.6 Å². The first kappa shape index (κ1) is 21.2. The highest BCUT2D eigenvalue weighted by atomic mass is 32.1. The number of hydrogen-bond acceptors (Lipinski definition) is 6. The van der Waals surface area contributed by atoms with Gasteiger partial charge in [0, 0.05) is 17.9 Å². The van der Waals surface area contributed by atoms with Crippen molar-refractivity contribution in [3.63, 3.8) is 0 Å². The lowest BCUT2D eigenvalue weighted by molar-refractivity contribution is -0.116. The summed E-state index contributed by atoms with van der Waals surface area (Å²) >= 11 is 1.52. The van der Waals surface area contributed by atoms with Crippen molar-refractivity contribution in [1.29, 1.82) is 0 Å². The number of amides is 1. The molecule has 2 aromatic heterocycles. The smallest absolute Gasteiger partial charge is 0.226 e. The second-order valence-corrected chi connectivity index (χ2v) is 10.0. The molecule has 7 nitrogen and oxygen atoms in total. The summed E-state index contributed by atoms with van der Waals surface area (Å²) in [6.45, 7) is 2.00. The number of thiazole rings is 1. The van der Waals surface area contributed by atoms with Crippen LogP contribution in [-0.4, -0.2) is 33.9 Å².